The van der Waals surface area contributed by atoms with Crippen molar-refractivity contribution in [1.29, 1.82) is 0 Å². The van der Waals surface area contributed by atoms with Crippen LogP contribution in [0.15, 0.2) is 5.29 Å². The van der Waals surface area contributed by atoms with Gasteiger partial charge >= 0.3 is 0 Å². The lowest BCUT2D eigenvalue weighted by atomic mass is 9.91. The average Bonchev–Trinajstić information content (AvgIpc) is 2.11. The van der Waals surface area contributed by atoms with Crippen molar-refractivity contribution in [1.82, 2.24) is 5.43 Å². The Kier molecular flexibility index (Phi) is 6.81. The van der Waals surface area contributed by atoms with Gasteiger partial charge in [0.05, 0.1) is 24.0 Å². The van der Waals surface area contributed by atoms with E-state index in [4.69, 9.17) is 0 Å². The second-order valence-electron chi connectivity index (χ2n) is 3.76. The van der Waals surface area contributed by atoms with Crippen LogP contribution in [0.25, 0.3) is 0 Å². The Morgan fingerprint density at radius 2 is 1.73 bits per heavy atom. The van der Waals surface area contributed by atoms with Gasteiger partial charge in [0.1, 0.15) is 0 Å². The second-order valence-corrected chi connectivity index (χ2v) is 3.76. The smallest absolute Gasteiger partial charge is 0.156 e. The summed E-state index contributed by atoms with van der Waals surface area (Å²) in [5, 5.41) is 20.7. The van der Waals surface area contributed by atoms with Crippen LogP contribution in [0.3, 0.4) is 0 Å². The summed E-state index contributed by atoms with van der Waals surface area (Å²) in [5.41, 5.74) is 2.03. The van der Waals surface area contributed by atoms with Crippen molar-refractivity contribution in [2.24, 2.45) is 11.2 Å². The molecule has 0 aromatic rings. The van der Waals surface area contributed by atoms with E-state index in [0.717, 1.165) is 0 Å². The van der Waals surface area contributed by atoms with Gasteiger partial charge < -0.3 is 10.2 Å². The van der Waals surface area contributed by atoms with Crippen molar-refractivity contribution < 1.29 is 15.0 Å². The van der Waals surface area contributed by atoms with Gasteiger partial charge in [-0.3, -0.25) is 10.2 Å². The lowest BCUT2D eigenvalue weighted by Crippen LogP contribution is -2.29. The van der Waals surface area contributed by atoms with E-state index in [1.54, 1.807) is 13.8 Å². The molecule has 0 radical (unpaired) electrons. The largest absolute Gasteiger partial charge is 0.393 e. The van der Waals surface area contributed by atoms with Gasteiger partial charge in [-0.2, -0.15) is 0 Å². The lowest BCUT2D eigenvalue weighted by Gasteiger charge is -2.18. The molecule has 0 fully saturated rings. The number of hydrogen-bond acceptors (Lipinski definition) is 5. The average molecular weight is 218 g/mol. The molecule has 6 heteroatoms. The van der Waals surface area contributed by atoms with E-state index >= 15 is 0 Å². The fourth-order valence-electron chi connectivity index (χ4n) is 1.44. The Bertz CT molecular complexity index is 196. The number of carbonyl (C=O) groups is 1. The Labute approximate surface area is 88.6 Å². The maximum absolute atomic E-state index is 11.5. The topological polar surface area (TPSA) is 99.0 Å². The molecule has 2 unspecified atom stereocenters. The lowest BCUT2D eigenvalue weighted by molar-refractivity contribution is -0.124. The molecule has 3 N–H and O–H groups in total. The molecule has 0 heterocycles. The molecule has 15 heavy (non-hydrogen) atoms. The van der Waals surface area contributed by atoms with Crippen LogP contribution in [0.5, 0.6) is 0 Å². The zero-order valence-corrected chi connectivity index (χ0v) is 9.01. The number of rotatable bonds is 8. The van der Waals surface area contributed by atoms with Crippen LogP contribution < -0.4 is 5.43 Å². The molecule has 2 atom stereocenters. The maximum Gasteiger partial charge on any atom is 0.156 e. The minimum Gasteiger partial charge on any atom is -0.393 e. The van der Waals surface area contributed by atoms with Crippen LogP contribution in [0.2, 0.25) is 0 Å². The predicted octanol–water partition coefficient (Wildman–Crippen LogP) is -0.0155. The van der Waals surface area contributed by atoms with E-state index in [0.29, 0.717) is 0 Å². The number of ketones is 1. The minimum atomic E-state index is -0.609. The number of carbonyl (C=O) groups excluding carboxylic acids is 1. The number of Topliss-reactive ketones (excluding diaryl/α,β-unsaturated/α-hetero) is 1. The normalized spacial score (nSPS) is 16.5. The summed E-state index contributed by atoms with van der Waals surface area (Å²) < 4.78 is 0. The van der Waals surface area contributed by atoms with Crippen LogP contribution in [0.1, 0.15) is 26.7 Å². The molecule has 0 aliphatic heterocycles. The minimum absolute atomic E-state index is 0.159. The molecule has 0 aromatic heterocycles. The monoisotopic (exact) mass is 218 g/mol. The highest BCUT2D eigenvalue weighted by Gasteiger charge is 2.21. The van der Waals surface area contributed by atoms with Gasteiger partial charge in [-0.15, -0.1) is 4.91 Å². The SMILES string of the molecule is CC(O)CC(CC(C)O)C(=O)CNN=O. The molecule has 6 nitrogen and oxygen atoms in total. The number of nitrogens with zero attached hydrogens (tertiary/aromatic N) is 1. The van der Waals surface area contributed by atoms with Crippen molar-refractivity contribution in [2.75, 3.05) is 6.54 Å². The highest BCUT2D eigenvalue weighted by atomic mass is 16.3. The first-order valence-corrected chi connectivity index (χ1v) is 4.91. The number of aliphatic hydroxyl groups is 2. The van der Waals surface area contributed by atoms with E-state index in [2.05, 4.69) is 5.29 Å². The molecular weight excluding hydrogens is 200 g/mol. The molecule has 0 saturated carbocycles. The third-order valence-corrected chi connectivity index (χ3v) is 2.02. The molecule has 0 rings (SSSR count). The van der Waals surface area contributed by atoms with Crippen LogP contribution in [0.4, 0.5) is 0 Å². The van der Waals surface area contributed by atoms with Crippen molar-refractivity contribution >= 4 is 5.78 Å². The first-order chi connectivity index (χ1) is 6.97. The molecule has 0 bridgehead atoms. The predicted molar refractivity (Wildman–Crippen MR) is 54.9 cm³/mol. The number of aliphatic hydroxyl groups excluding tert-OH is 2. The Morgan fingerprint density at radius 3 is 2.07 bits per heavy atom. The third-order valence-electron chi connectivity index (χ3n) is 2.02. The third kappa shape index (κ3) is 6.98. The first-order valence-electron chi connectivity index (χ1n) is 4.91. The van der Waals surface area contributed by atoms with E-state index in [9.17, 15) is 19.9 Å². The highest BCUT2D eigenvalue weighted by Crippen LogP contribution is 2.15. The number of hydrogen-bond donors (Lipinski definition) is 3. The summed E-state index contributed by atoms with van der Waals surface area (Å²) in [4.78, 5) is 21.3. The van der Waals surface area contributed by atoms with Crippen LogP contribution in [-0.4, -0.2) is 34.7 Å². The number of nitroso groups, excluding NO2 is 1. The zero-order valence-electron chi connectivity index (χ0n) is 9.01. The first kappa shape index (κ1) is 14.0. The van der Waals surface area contributed by atoms with Crippen molar-refractivity contribution in [3.63, 3.8) is 0 Å². The molecule has 0 aliphatic rings. The second kappa shape index (κ2) is 7.30. The fourth-order valence-corrected chi connectivity index (χ4v) is 1.44. The zero-order chi connectivity index (χ0) is 11.8. The molecule has 88 valence electrons. The van der Waals surface area contributed by atoms with Gasteiger partial charge in [0.15, 0.2) is 5.78 Å². The van der Waals surface area contributed by atoms with Gasteiger partial charge in [-0.1, -0.05) is 0 Å². The van der Waals surface area contributed by atoms with Gasteiger partial charge in [0.2, 0.25) is 0 Å². The summed E-state index contributed by atoms with van der Waals surface area (Å²) in [7, 11) is 0. The Hall–Kier alpha value is -1.01. The van der Waals surface area contributed by atoms with E-state index in [1.807, 2.05) is 5.43 Å². The van der Waals surface area contributed by atoms with Crippen molar-refractivity contribution in [3.8, 4) is 0 Å². The van der Waals surface area contributed by atoms with Crippen LogP contribution >= 0.6 is 0 Å². The van der Waals surface area contributed by atoms with Crippen LogP contribution in [0, 0.1) is 10.8 Å². The van der Waals surface area contributed by atoms with Gasteiger partial charge in [-0.05, 0) is 26.7 Å². The molecule has 0 aromatic carbocycles. The molecule has 0 aliphatic carbocycles. The van der Waals surface area contributed by atoms with E-state index in [-0.39, 0.29) is 25.2 Å². The van der Waals surface area contributed by atoms with Gasteiger partial charge in [-0.25, -0.2) is 0 Å². The number of nitrogens with one attached hydrogen (secondary N) is 1. The standard InChI is InChI=1S/C9H18N2O4/c1-6(12)3-8(4-7(2)13)9(14)5-10-11-15/h6-8,12-13H,3-5H2,1-2H3,(H,10,15). The fraction of sp³-hybridized carbons (Fsp3) is 0.889. The maximum atomic E-state index is 11.5. The van der Waals surface area contributed by atoms with Crippen LogP contribution in [-0.2, 0) is 4.79 Å². The quantitative estimate of drug-likeness (QED) is 0.393. The summed E-state index contributed by atoms with van der Waals surface area (Å²) in [5.74, 6) is -0.671. The van der Waals surface area contributed by atoms with Crippen molar-refractivity contribution in [2.45, 2.75) is 38.9 Å². The Morgan fingerprint density at radius 1 is 1.27 bits per heavy atom. The van der Waals surface area contributed by atoms with E-state index in [1.165, 1.54) is 0 Å². The molecule has 0 spiro atoms. The summed E-state index contributed by atoms with van der Waals surface area (Å²) in [6.07, 6.45) is -0.655. The summed E-state index contributed by atoms with van der Waals surface area (Å²) >= 11 is 0. The highest BCUT2D eigenvalue weighted by molar-refractivity contribution is 5.82. The van der Waals surface area contributed by atoms with E-state index < -0.39 is 18.1 Å². The molecular formula is C9H18N2O4. The Balaban J connectivity index is 4.20. The molecule has 0 amide bonds. The molecule has 0 saturated heterocycles. The van der Waals surface area contributed by atoms with Crippen molar-refractivity contribution in [3.05, 3.63) is 4.91 Å². The summed E-state index contributed by atoms with van der Waals surface area (Å²) in [6.45, 7) is 3.00. The van der Waals surface area contributed by atoms with Gasteiger partial charge in [0.25, 0.3) is 0 Å². The van der Waals surface area contributed by atoms with Gasteiger partial charge in [0, 0.05) is 5.92 Å². The summed E-state index contributed by atoms with van der Waals surface area (Å²) in [6, 6.07) is 0.